The summed E-state index contributed by atoms with van der Waals surface area (Å²) in [5.41, 5.74) is 0.676. The van der Waals surface area contributed by atoms with E-state index in [1.54, 1.807) is 6.92 Å². The fourth-order valence-electron chi connectivity index (χ4n) is 1.95. The maximum absolute atomic E-state index is 12.1. The molecule has 2 rings (SSSR count). The number of carboxylic acid groups (broad SMARTS) is 1. The van der Waals surface area contributed by atoms with E-state index in [4.69, 9.17) is 5.11 Å². The zero-order valence-corrected chi connectivity index (χ0v) is 11.9. The van der Waals surface area contributed by atoms with Crippen molar-refractivity contribution in [3.63, 3.8) is 0 Å². The molecule has 0 bridgehead atoms. The standard InChI is InChI=1S/C13H18N2O3S/c1-3-10-14-7(2)11(19-10)12(16)15-9(13(17)18)6-8-4-5-8/h8-9H,3-6H2,1-2H3,(H,15,16)(H,17,18). The Morgan fingerprint density at radius 1 is 1.53 bits per heavy atom. The third-order valence-electron chi connectivity index (χ3n) is 3.22. The molecule has 1 fully saturated rings. The zero-order chi connectivity index (χ0) is 14.0. The van der Waals surface area contributed by atoms with Crippen molar-refractivity contribution in [3.05, 3.63) is 15.6 Å². The molecule has 1 atom stereocenters. The van der Waals surface area contributed by atoms with Gasteiger partial charge in [-0.3, -0.25) is 4.79 Å². The van der Waals surface area contributed by atoms with Gasteiger partial charge in [0.15, 0.2) is 0 Å². The van der Waals surface area contributed by atoms with Crippen LogP contribution in [0.3, 0.4) is 0 Å². The molecule has 1 heterocycles. The van der Waals surface area contributed by atoms with Gasteiger partial charge in [-0.15, -0.1) is 11.3 Å². The van der Waals surface area contributed by atoms with E-state index in [1.165, 1.54) is 11.3 Å². The number of aliphatic carboxylic acids is 1. The Hall–Kier alpha value is -1.43. The molecular formula is C13H18N2O3S. The molecule has 2 N–H and O–H groups in total. The first-order chi connectivity index (χ1) is 9.01. The van der Waals surface area contributed by atoms with Gasteiger partial charge in [0.05, 0.1) is 10.7 Å². The lowest BCUT2D eigenvalue weighted by Crippen LogP contribution is -2.41. The smallest absolute Gasteiger partial charge is 0.326 e. The number of carboxylic acids is 1. The first-order valence-corrected chi connectivity index (χ1v) is 7.32. The highest BCUT2D eigenvalue weighted by Gasteiger charge is 2.31. The summed E-state index contributed by atoms with van der Waals surface area (Å²) in [6.07, 6.45) is 3.45. The van der Waals surface area contributed by atoms with Crippen LogP contribution in [0.15, 0.2) is 0 Å². The Morgan fingerprint density at radius 3 is 2.68 bits per heavy atom. The second kappa shape index (κ2) is 5.69. The maximum Gasteiger partial charge on any atom is 0.326 e. The fraction of sp³-hybridized carbons (Fsp3) is 0.615. The summed E-state index contributed by atoms with van der Waals surface area (Å²) < 4.78 is 0. The molecule has 1 aliphatic rings. The van der Waals surface area contributed by atoms with Crippen molar-refractivity contribution in [2.24, 2.45) is 5.92 Å². The lowest BCUT2D eigenvalue weighted by atomic mass is 10.1. The largest absolute Gasteiger partial charge is 0.480 e. The lowest BCUT2D eigenvalue weighted by molar-refractivity contribution is -0.139. The monoisotopic (exact) mass is 282 g/mol. The van der Waals surface area contributed by atoms with Crippen molar-refractivity contribution >= 4 is 23.2 Å². The number of aryl methyl sites for hydroxylation is 2. The summed E-state index contributed by atoms with van der Waals surface area (Å²) >= 11 is 1.34. The zero-order valence-electron chi connectivity index (χ0n) is 11.1. The van der Waals surface area contributed by atoms with Crippen molar-refractivity contribution in [1.29, 1.82) is 0 Å². The molecule has 1 saturated carbocycles. The first-order valence-electron chi connectivity index (χ1n) is 6.51. The van der Waals surface area contributed by atoms with Gasteiger partial charge in [0.1, 0.15) is 10.9 Å². The van der Waals surface area contributed by atoms with E-state index in [1.807, 2.05) is 6.92 Å². The van der Waals surface area contributed by atoms with Crippen molar-refractivity contribution in [2.75, 3.05) is 0 Å². The van der Waals surface area contributed by atoms with Gasteiger partial charge in [-0.2, -0.15) is 0 Å². The average molecular weight is 282 g/mol. The van der Waals surface area contributed by atoms with Gasteiger partial charge in [-0.25, -0.2) is 9.78 Å². The predicted octanol–water partition coefficient (Wildman–Crippen LogP) is 2.00. The van der Waals surface area contributed by atoms with Gasteiger partial charge >= 0.3 is 5.97 Å². The number of nitrogens with zero attached hydrogens (tertiary/aromatic N) is 1. The highest BCUT2D eigenvalue weighted by Crippen LogP contribution is 2.33. The van der Waals surface area contributed by atoms with Crippen LogP contribution >= 0.6 is 11.3 Å². The first kappa shape index (κ1) is 14.0. The average Bonchev–Trinajstić information content (AvgIpc) is 3.09. The van der Waals surface area contributed by atoms with Crippen molar-refractivity contribution in [2.45, 2.75) is 45.6 Å². The van der Waals surface area contributed by atoms with Gasteiger partial charge < -0.3 is 10.4 Å². The van der Waals surface area contributed by atoms with E-state index >= 15 is 0 Å². The van der Waals surface area contributed by atoms with E-state index in [-0.39, 0.29) is 5.91 Å². The quantitative estimate of drug-likeness (QED) is 0.836. The van der Waals surface area contributed by atoms with E-state index in [9.17, 15) is 9.59 Å². The van der Waals surface area contributed by atoms with E-state index < -0.39 is 12.0 Å². The van der Waals surface area contributed by atoms with Crippen LogP contribution in [0.2, 0.25) is 0 Å². The minimum atomic E-state index is -0.960. The highest BCUT2D eigenvalue weighted by atomic mass is 32.1. The molecule has 1 aromatic rings. The summed E-state index contributed by atoms with van der Waals surface area (Å²) in [5.74, 6) is -0.823. The lowest BCUT2D eigenvalue weighted by Gasteiger charge is -2.13. The Morgan fingerprint density at radius 2 is 2.21 bits per heavy atom. The molecule has 1 amide bonds. The number of nitrogens with one attached hydrogen (secondary N) is 1. The van der Waals surface area contributed by atoms with Crippen LogP contribution in [-0.2, 0) is 11.2 Å². The third kappa shape index (κ3) is 3.53. The molecular weight excluding hydrogens is 264 g/mol. The van der Waals surface area contributed by atoms with Crippen LogP contribution in [0.1, 0.15) is 46.6 Å². The summed E-state index contributed by atoms with van der Waals surface area (Å²) in [5, 5.41) is 12.7. The maximum atomic E-state index is 12.1. The number of carbonyl (C=O) groups is 2. The van der Waals surface area contributed by atoms with Crippen LogP contribution < -0.4 is 5.32 Å². The molecule has 1 aromatic heterocycles. The Labute approximate surface area is 116 Å². The molecule has 0 aliphatic heterocycles. The minimum Gasteiger partial charge on any atom is -0.480 e. The van der Waals surface area contributed by atoms with Crippen molar-refractivity contribution in [1.82, 2.24) is 10.3 Å². The van der Waals surface area contributed by atoms with Gasteiger partial charge in [0, 0.05) is 0 Å². The molecule has 1 aliphatic carbocycles. The van der Waals surface area contributed by atoms with Crippen molar-refractivity contribution in [3.8, 4) is 0 Å². The predicted molar refractivity (Wildman–Crippen MR) is 72.5 cm³/mol. The summed E-state index contributed by atoms with van der Waals surface area (Å²) in [7, 11) is 0. The number of rotatable bonds is 6. The number of thiazole rings is 1. The molecule has 104 valence electrons. The highest BCUT2D eigenvalue weighted by molar-refractivity contribution is 7.13. The SMILES string of the molecule is CCc1nc(C)c(C(=O)NC(CC2CC2)C(=O)O)s1. The van der Waals surface area contributed by atoms with E-state index in [2.05, 4.69) is 10.3 Å². The topological polar surface area (TPSA) is 79.3 Å². The summed E-state index contributed by atoms with van der Waals surface area (Å²) in [4.78, 5) is 28.1. The van der Waals surface area contributed by atoms with E-state index in [0.717, 1.165) is 24.3 Å². The van der Waals surface area contributed by atoms with Crippen LogP contribution in [0.5, 0.6) is 0 Å². The van der Waals surface area contributed by atoms with Crippen LogP contribution in [0.25, 0.3) is 0 Å². The van der Waals surface area contributed by atoms with Gasteiger partial charge in [0.2, 0.25) is 0 Å². The summed E-state index contributed by atoms with van der Waals surface area (Å²) in [6, 6.07) is -0.786. The fourth-order valence-corrected chi connectivity index (χ4v) is 2.85. The molecule has 5 nitrogen and oxygen atoms in total. The number of aromatic nitrogens is 1. The minimum absolute atomic E-state index is 0.317. The molecule has 0 aromatic carbocycles. The Kier molecular flexibility index (Phi) is 4.19. The summed E-state index contributed by atoms with van der Waals surface area (Å²) in [6.45, 7) is 3.76. The van der Waals surface area contributed by atoms with E-state index in [0.29, 0.717) is 22.9 Å². The van der Waals surface area contributed by atoms with Crippen LogP contribution in [0, 0.1) is 12.8 Å². The normalized spacial score (nSPS) is 16.1. The van der Waals surface area contributed by atoms with Gasteiger partial charge in [-0.1, -0.05) is 19.8 Å². The van der Waals surface area contributed by atoms with Gasteiger partial charge in [0.25, 0.3) is 5.91 Å². The molecule has 1 unspecified atom stereocenters. The number of amides is 1. The molecule has 0 radical (unpaired) electrons. The Balaban J connectivity index is 2.04. The second-order valence-electron chi connectivity index (χ2n) is 4.92. The third-order valence-corrected chi connectivity index (χ3v) is 4.52. The number of carbonyl (C=O) groups excluding carboxylic acids is 1. The molecule has 6 heteroatoms. The van der Waals surface area contributed by atoms with Crippen molar-refractivity contribution < 1.29 is 14.7 Å². The second-order valence-corrected chi connectivity index (χ2v) is 6.00. The molecule has 19 heavy (non-hydrogen) atoms. The van der Waals surface area contributed by atoms with Crippen LogP contribution in [-0.4, -0.2) is 28.0 Å². The number of hydrogen-bond acceptors (Lipinski definition) is 4. The molecule has 0 spiro atoms. The van der Waals surface area contributed by atoms with Crippen LogP contribution in [0.4, 0.5) is 0 Å². The van der Waals surface area contributed by atoms with Gasteiger partial charge in [-0.05, 0) is 25.7 Å². The molecule has 0 saturated heterocycles. The Bertz CT molecular complexity index is 494. The number of hydrogen-bond donors (Lipinski definition) is 2.